The lowest BCUT2D eigenvalue weighted by Gasteiger charge is -2.12. The highest BCUT2D eigenvalue weighted by molar-refractivity contribution is 14.0. The second-order valence-corrected chi connectivity index (χ2v) is 5.83. The van der Waals surface area contributed by atoms with Crippen LogP contribution in [-0.2, 0) is 9.47 Å². The van der Waals surface area contributed by atoms with Gasteiger partial charge in [-0.15, -0.1) is 24.0 Å². The minimum Gasteiger partial charge on any atom is -0.381 e. The van der Waals surface area contributed by atoms with E-state index in [1.165, 1.54) is 12.8 Å². The summed E-state index contributed by atoms with van der Waals surface area (Å²) < 4.78 is 11.1. The molecule has 0 spiro atoms. The Kier molecular flexibility index (Phi) is 14.5. The van der Waals surface area contributed by atoms with Crippen LogP contribution < -0.4 is 10.6 Å². The van der Waals surface area contributed by atoms with E-state index in [9.17, 15) is 0 Å². The van der Waals surface area contributed by atoms with Crippen LogP contribution in [0.5, 0.6) is 0 Å². The van der Waals surface area contributed by atoms with Crippen LogP contribution in [0.15, 0.2) is 4.99 Å². The van der Waals surface area contributed by atoms with Gasteiger partial charge in [-0.25, -0.2) is 0 Å². The van der Waals surface area contributed by atoms with Crippen molar-refractivity contribution in [2.24, 2.45) is 10.9 Å². The van der Waals surface area contributed by atoms with Crippen LogP contribution in [0.4, 0.5) is 0 Å². The molecule has 0 unspecified atom stereocenters. The topological polar surface area (TPSA) is 54.9 Å². The summed E-state index contributed by atoms with van der Waals surface area (Å²) in [5, 5.41) is 6.59. The third kappa shape index (κ3) is 13.6. The number of hydrogen-bond donors (Lipinski definition) is 2. The van der Waals surface area contributed by atoms with E-state index in [-0.39, 0.29) is 24.0 Å². The quantitative estimate of drug-likeness (QED) is 0.218. The summed E-state index contributed by atoms with van der Waals surface area (Å²) in [5.74, 6) is 1.74. The highest BCUT2D eigenvalue weighted by atomic mass is 127. The molecule has 0 heterocycles. The zero-order valence-electron chi connectivity index (χ0n) is 14.4. The number of ether oxygens (including phenoxy) is 2. The lowest BCUT2D eigenvalue weighted by atomic mass is 10.4. The van der Waals surface area contributed by atoms with Crippen molar-refractivity contribution in [2.75, 3.05) is 39.5 Å². The number of aliphatic imine (C=N–C) groups is 1. The Hall–Kier alpha value is -0.0800. The molecule has 1 aliphatic carbocycles. The van der Waals surface area contributed by atoms with Gasteiger partial charge in [0.05, 0.1) is 6.10 Å². The average Bonchev–Trinajstić information content (AvgIpc) is 3.25. The molecular weight excluding hydrogens is 393 g/mol. The van der Waals surface area contributed by atoms with Crippen molar-refractivity contribution >= 4 is 29.9 Å². The van der Waals surface area contributed by atoms with E-state index in [2.05, 4.69) is 36.4 Å². The summed E-state index contributed by atoms with van der Waals surface area (Å²) in [4.78, 5) is 4.55. The smallest absolute Gasteiger partial charge is 0.191 e. The van der Waals surface area contributed by atoms with Crippen molar-refractivity contribution in [3.8, 4) is 0 Å². The van der Waals surface area contributed by atoms with Crippen LogP contribution in [-0.4, -0.2) is 51.5 Å². The number of guanidine groups is 1. The molecule has 1 saturated carbocycles. The Bertz CT molecular complexity index is 285. The molecule has 1 rings (SSSR count). The zero-order chi connectivity index (χ0) is 15.3. The van der Waals surface area contributed by atoms with Gasteiger partial charge in [0.1, 0.15) is 0 Å². The van der Waals surface area contributed by atoms with Gasteiger partial charge < -0.3 is 20.1 Å². The van der Waals surface area contributed by atoms with Crippen LogP contribution in [0.3, 0.4) is 0 Å². The summed E-state index contributed by atoms with van der Waals surface area (Å²) in [6, 6.07) is 0. The van der Waals surface area contributed by atoms with Gasteiger partial charge in [0, 0.05) is 39.5 Å². The van der Waals surface area contributed by atoms with E-state index in [0.717, 1.165) is 64.2 Å². The standard InChI is InChI=1S/C16H33N3O2.HI/c1-4-17-16(19-10-6-12-21-14(2)3)18-9-5-11-20-13-15-7-8-15;/h14-15H,4-13H2,1-3H3,(H2,17,18,19);1H. The van der Waals surface area contributed by atoms with Crippen LogP contribution >= 0.6 is 24.0 Å². The normalized spacial score (nSPS) is 14.8. The summed E-state index contributed by atoms with van der Waals surface area (Å²) in [7, 11) is 0. The number of halogens is 1. The molecule has 0 bridgehead atoms. The summed E-state index contributed by atoms with van der Waals surface area (Å²) in [6.45, 7) is 11.3. The highest BCUT2D eigenvalue weighted by Gasteiger charge is 2.20. The Labute approximate surface area is 153 Å². The van der Waals surface area contributed by atoms with Gasteiger partial charge in [-0.2, -0.15) is 0 Å². The fourth-order valence-corrected chi connectivity index (χ4v) is 1.83. The van der Waals surface area contributed by atoms with Gasteiger partial charge in [0.15, 0.2) is 5.96 Å². The Morgan fingerprint density at radius 1 is 1.18 bits per heavy atom. The highest BCUT2D eigenvalue weighted by Crippen LogP contribution is 2.28. The maximum absolute atomic E-state index is 5.61. The molecule has 2 N–H and O–H groups in total. The third-order valence-electron chi connectivity index (χ3n) is 3.18. The molecule has 5 nitrogen and oxygen atoms in total. The van der Waals surface area contributed by atoms with E-state index in [4.69, 9.17) is 9.47 Å². The maximum atomic E-state index is 5.61. The van der Waals surface area contributed by atoms with Crippen LogP contribution in [0.1, 0.15) is 46.5 Å². The van der Waals surface area contributed by atoms with Crippen molar-refractivity contribution in [2.45, 2.75) is 52.6 Å². The molecule has 1 fully saturated rings. The van der Waals surface area contributed by atoms with Gasteiger partial charge in [0.2, 0.25) is 0 Å². The first kappa shape index (κ1) is 21.9. The lowest BCUT2D eigenvalue weighted by Crippen LogP contribution is -2.38. The molecule has 0 aromatic carbocycles. The number of rotatable bonds is 12. The maximum Gasteiger partial charge on any atom is 0.191 e. The number of hydrogen-bond acceptors (Lipinski definition) is 3. The first-order chi connectivity index (χ1) is 10.2. The van der Waals surface area contributed by atoms with E-state index in [0.29, 0.717) is 6.10 Å². The SMILES string of the molecule is CCNC(=NCCCOCC1CC1)NCCCOC(C)C.I. The molecule has 0 aromatic rings. The van der Waals surface area contributed by atoms with Crippen molar-refractivity contribution in [1.82, 2.24) is 10.6 Å². The zero-order valence-corrected chi connectivity index (χ0v) is 16.7. The van der Waals surface area contributed by atoms with Gasteiger partial charge in [-0.3, -0.25) is 4.99 Å². The van der Waals surface area contributed by atoms with E-state index < -0.39 is 0 Å². The molecule has 0 amide bonds. The Morgan fingerprint density at radius 3 is 2.59 bits per heavy atom. The van der Waals surface area contributed by atoms with E-state index >= 15 is 0 Å². The fraction of sp³-hybridized carbons (Fsp3) is 0.938. The van der Waals surface area contributed by atoms with Gasteiger partial charge in [0.25, 0.3) is 0 Å². The third-order valence-corrected chi connectivity index (χ3v) is 3.18. The summed E-state index contributed by atoms with van der Waals surface area (Å²) >= 11 is 0. The van der Waals surface area contributed by atoms with Crippen molar-refractivity contribution < 1.29 is 9.47 Å². The molecule has 6 heteroatoms. The Morgan fingerprint density at radius 2 is 1.95 bits per heavy atom. The molecular formula is C16H34IN3O2. The van der Waals surface area contributed by atoms with Gasteiger partial charge in [-0.05, 0) is 52.4 Å². The fourth-order valence-electron chi connectivity index (χ4n) is 1.83. The van der Waals surface area contributed by atoms with Crippen LogP contribution in [0.25, 0.3) is 0 Å². The predicted molar refractivity (Wildman–Crippen MR) is 103 cm³/mol. The lowest BCUT2D eigenvalue weighted by molar-refractivity contribution is 0.0776. The summed E-state index contributed by atoms with van der Waals surface area (Å²) in [5.41, 5.74) is 0. The minimum atomic E-state index is 0. The monoisotopic (exact) mass is 427 g/mol. The second-order valence-electron chi connectivity index (χ2n) is 5.83. The molecule has 0 aromatic heterocycles. The molecule has 0 aliphatic heterocycles. The second kappa shape index (κ2) is 14.5. The van der Waals surface area contributed by atoms with E-state index in [1.807, 2.05) is 0 Å². The van der Waals surface area contributed by atoms with Gasteiger partial charge >= 0.3 is 0 Å². The first-order valence-corrected chi connectivity index (χ1v) is 8.44. The van der Waals surface area contributed by atoms with Crippen LogP contribution in [0.2, 0.25) is 0 Å². The molecule has 1 aliphatic rings. The summed E-state index contributed by atoms with van der Waals surface area (Å²) in [6.07, 6.45) is 5.00. The molecule has 0 atom stereocenters. The molecule has 0 radical (unpaired) electrons. The van der Waals surface area contributed by atoms with Crippen molar-refractivity contribution in [1.29, 1.82) is 0 Å². The minimum absolute atomic E-state index is 0. The molecule has 0 saturated heterocycles. The van der Waals surface area contributed by atoms with Gasteiger partial charge in [-0.1, -0.05) is 0 Å². The van der Waals surface area contributed by atoms with Crippen molar-refractivity contribution in [3.05, 3.63) is 0 Å². The number of nitrogens with zero attached hydrogens (tertiary/aromatic N) is 1. The van der Waals surface area contributed by atoms with Crippen LogP contribution in [0, 0.1) is 5.92 Å². The molecule has 132 valence electrons. The molecule has 22 heavy (non-hydrogen) atoms. The predicted octanol–water partition coefficient (Wildman–Crippen LogP) is 2.79. The average molecular weight is 427 g/mol. The Balaban J connectivity index is 0.00000441. The van der Waals surface area contributed by atoms with Crippen molar-refractivity contribution in [3.63, 3.8) is 0 Å². The van der Waals surface area contributed by atoms with E-state index in [1.54, 1.807) is 0 Å². The number of nitrogens with one attached hydrogen (secondary N) is 2. The first-order valence-electron chi connectivity index (χ1n) is 8.44. The largest absolute Gasteiger partial charge is 0.381 e.